The number of anilines is 1. The molecule has 2 aromatic carbocycles. The number of guanidine groups is 1. The maximum absolute atomic E-state index is 5.39. The average molecular weight is 401 g/mol. The van der Waals surface area contributed by atoms with Crippen LogP contribution in [0.3, 0.4) is 0 Å². The van der Waals surface area contributed by atoms with Crippen molar-refractivity contribution in [3.8, 4) is 0 Å². The second-order valence-electron chi connectivity index (χ2n) is 7.70. The molecule has 0 saturated carbocycles. The minimum Gasteiger partial charge on any atom is -0.380 e. The molecule has 0 saturated heterocycles. The lowest BCUT2D eigenvalue weighted by molar-refractivity contribution is -0.518. The molecule has 30 heavy (non-hydrogen) atoms. The van der Waals surface area contributed by atoms with Crippen LogP contribution in [0.15, 0.2) is 70.8 Å². The van der Waals surface area contributed by atoms with Crippen molar-refractivity contribution in [1.82, 2.24) is 5.32 Å². The summed E-state index contributed by atoms with van der Waals surface area (Å²) < 4.78 is 7.36. The van der Waals surface area contributed by atoms with Crippen LogP contribution in [0.4, 0.5) is 5.69 Å². The molecule has 0 aromatic heterocycles. The van der Waals surface area contributed by atoms with Gasteiger partial charge in [-0.2, -0.15) is 4.99 Å². The molecule has 0 radical (unpaired) electrons. The molecule has 0 amide bonds. The summed E-state index contributed by atoms with van der Waals surface area (Å²) in [5, 5.41) is 11.7. The van der Waals surface area contributed by atoms with Gasteiger partial charge in [-0.25, -0.2) is 0 Å². The van der Waals surface area contributed by atoms with Crippen LogP contribution in [-0.2, 0) is 24.2 Å². The van der Waals surface area contributed by atoms with E-state index in [1.807, 2.05) is 16.8 Å². The van der Waals surface area contributed by atoms with Crippen LogP contribution < -0.4 is 10.6 Å². The first kappa shape index (κ1) is 18.9. The second kappa shape index (κ2) is 8.34. The SMILES string of the molecule is COCc1ccccc1C1=CC=CC2N=C(Nc3ccc4c(c3)CCNCC4)N=[N+]12. The Morgan fingerprint density at radius 2 is 2.00 bits per heavy atom. The number of benzene rings is 2. The van der Waals surface area contributed by atoms with E-state index in [1.165, 1.54) is 11.1 Å². The van der Waals surface area contributed by atoms with Crippen LogP contribution in [0.1, 0.15) is 22.3 Å². The van der Waals surface area contributed by atoms with Gasteiger partial charge in [-0.3, -0.25) is 0 Å². The van der Waals surface area contributed by atoms with Crippen LogP contribution in [0, 0.1) is 0 Å². The number of azo groups is 2. The van der Waals surface area contributed by atoms with Gasteiger partial charge >= 0.3 is 0 Å². The van der Waals surface area contributed by atoms with Gasteiger partial charge in [0.1, 0.15) is 0 Å². The lowest BCUT2D eigenvalue weighted by Crippen LogP contribution is -2.19. The zero-order valence-corrected chi connectivity index (χ0v) is 17.1. The smallest absolute Gasteiger partial charge is 0.300 e. The molecule has 0 bridgehead atoms. The van der Waals surface area contributed by atoms with Gasteiger partial charge in [0.2, 0.25) is 5.70 Å². The summed E-state index contributed by atoms with van der Waals surface area (Å²) >= 11 is 0. The third-order valence-corrected chi connectivity index (χ3v) is 5.69. The number of hydrogen-bond acceptors (Lipinski definition) is 5. The number of hydrogen-bond donors (Lipinski definition) is 2. The zero-order valence-electron chi connectivity index (χ0n) is 17.1. The lowest BCUT2D eigenvalue weighted by Gasteiger charge is -2.11. The molecule has 3 heterocycles. The van der Waals surface area contributed by atoms with Crippen molar-refractivity contribution in [2.24, 2.45) is 10.1 Å². The largest absolute Gasteiger partial charge is 0.380 e. The number of nitrogens with zero attached hydrogens (tertiary/aromatic N) is 3. The van der Waals surface area contributed by atoms with Gasteiger partial charge < -0.3 is 15.4 Å². The Labute approximate surface area is 176 Å². The Bertz CT molecular complexity index is 1080. The van der Waals surface area contributed by atoms with Crippen molar-refractivity contribution in [2.75, 3.05) is 25.5 Å². The Balaban J connectivity index is 1.41. The highest BCUT2D eigenvalue weighted by Gasteiger charge is 2.35. The fourth-order valence-electron chi connectivity index (χ4n) is 4.21. The molecule has 1 atom stereocenters. The van der Waals surface area contributed by atoms with Gasteiger partial charge in [-0.15, -0.1) is 0 Å². The highest BCUT2D eigenvalue weighted by molar-refractivity contribution is 5.94. The summed E-state index contributed by atoms with van der Waals surface area (Å²) in [6.07, 6.45) is 8.20. The number of fused-ring (bicyclic) bond motifs is 2. The minimum atomic E-state index is -0.131. The number of methoxy groups -OCH3 is 1. The van der Waals surface area contributed by atoms with Gasteiger partial charge in [0.25, 0.3) is 12.1 Å². The summed E-state index contributed by atoms with van der Waals surface area (Å²) in [6, 6.07) is 14.9. The minimum absolute atomic E-state index is 0.131. The average Bonchev–Trinajstić information content (AvgIpc) is 3.03. The first-order valence-corrected chi connectivity index (χ1v) is 10.5. The molecule has 0 aliphatic carbocycles. The van der Waals surface area contributed by atoms with E-state index in [1.54, 1.807) is 7.11 Å². The van der Waals surface area contributed by atoms with Crippen molar-refractivity contribution < 1.29 is 9.43 Å². The molecule has 3 aliphatic heterocycles. The van der Waals surface area contributed by atoms with Crippen LogP contribution in [0.25, 0.3) is 5.70 Å². The van der Waals surface area contributed by atoms with Crippen LogP contribution >= 0.6 is 0 Å². The predicted octanol–water partition coefficient (Wildman–Crippen LogP) is 3.70. The predicted molar refractivity (Wildman–Crippen MR) is 119 cm³/mol. The molecule has 6 heteroatoms. The van der Waals surface area contributed by atoms with Gasteiger partial charge in [0, 0.05) is 30.1 Å². The molecule has 5 rings (SSSR count). The monoisotopic (exact) mass is 400 g/mol. The van der Waals surface area contributed by atoms with Gasteiger partial charge in [-0.05, 0) is 60.8 Å². The maximum Gasteiger partial charge on any atom is 0.300 e. The highest BCUT2D eigenvalue weighted by Crippen LogP contribution is 2.29. The molecule has 2 aromatic rings. The molecule has 1 unspecified atom stereocenters. The Morgan fingerprint density at radius 3 is 2.90 bits per heavy atom. The fraction of sp³-hybridized carbons (Fsp3) is 0.292. The molecule has 2 N–H and O–H groups in total. The Kier molecular flexibility index (Phi) is 5.26. The number of ether oxygens (including phenoxy) is 1. The van der Waals surface area contributed by atoms with E-state index in [-0.39, 0.29) is 6.17 Å². The van der Waals surface area contributed by atoms with E-state index in [4.69, 9.17) is 14.8 Å². The normalized spacial score (nSPS) is 19.9. The van der Waals surface area contributed by atoms with Crippen LogP contribution in [-0.4, -0.2) is 37.0 Å². The molecule has 3 aliphatic rings. The molecule has 0 fully saturated rings. The number of rotatable bonds is 4. The van der Waals surface area contributed by atoms with Crippen molar-refractivity contribution in [1.29, 1.82) is 0 Å². The molecule has 0 spiro atoms. The standard InChI is InChI=1S/C24H26N5O/c1-30-16-19-5-2-3-6-21(19)22-7-4-8-23-27-24(28-29(22)23)26-20-10-9-17-11-13-25-14-12-18(17)15-20/h2-10,15,23,25H,11-14,16H2,1H3,(H,26,27)/q+1. The van der Waals surface area contributed by atoms with E-state index in [0.717, 1.165) is 48.4 Å². The van der Waals surface area contributed by atoms with Gasteiger partial charge in [-0.1, -0.05) is 35.0 Å². The van der Waals surface area contributed by atoms with E-state index in [2.05, 4.69) is 59.2 Å². The fourth-order valence-corrected chi connectivity index (χ4v) is 4.21. The van der Waals surface area contributed by atoms with Crippen LogP contribution in [0.5, 0.6) is 0 Å². The van der Waals surface area contributed by atoms with Crippen molar-refractivity contribution in [3.05, 3.63) is 82.9 Å². The van der Waals surface area contributed by atoms with Crippen molar-refractivity contribution in [2.45, 2.75) is 25.6 Å². The third kappa shape index (κ3) is 3.72. The van der Waals surface area contributed by atoms with E-state index in [0.29, 0.717) is 12.6 Å². The molecule has 152 valence electrons. The Morgan fingerprint density at radius 1 is 1.13 bits per heavy atom. The summed E-state index contributed by atoms with van der Waals surface area (Å²) in [6.45, 7) is 2.63. The molecular weight excluding hydrogens is 374 g/mol. The maximum atomic E-state index is 5.39. The zero-order chi connectivity index (χ0) is 20.3. The summed E-state index contributed by atoms with van der Waals surface area (Å²) in [5.74, 6) is 0.633. The van der Waals surface area contributed by atoms with Gasteiger partial charge in [0.05, 0.1) is 12.2 Å². The number of nitrogens with one attached hydrogen (secondary N) is 2. The highest BCUT2D eigenvalue weighted by atomic mass is 16.5. The van der Waals surface area contributed by atoms with Crippen LogP contribution in [0.2, 0.25) is 0 Å². The second-order valence-corrected chi connectivity index (χ2v) is 7.70. The van der Waals surface area contributed by atoms with Crippen molar-refractivity contribution >= 4 is 17.3 Å². The van der Waals surface area contributed by atoms with E-state index >= 15 is 0 Å². The summed E-state index contributed by atoms with van der Waals surface area (Å²) in [7, 11) is 1.72. The molecule has 6 nitrogen and oxygen atoms in total. The van der Waals surface area contributed by atoms with Gasteiger partial charge in [0.15, 0.2) is 0 Å². The summed E-state index contributed by atoms with van der Waals surface area (Å²) in [4.78, 5) is 4.78. The summed E-state index contributed by atoms with van der Waals surface area (Å²) in [5.41, 5.74) is 7.14. The lowest BCUT2D eigenvalue weighted by atomic mass is 10.0. The number of allylic oxidation sites excluding steroid dienone is 2. The third-order valence-electron chi connectivity index (χ3n) is 5.69. The molecular formula is C24H26N5O+. The number of aliphatic imine (C=N–C) groups is 1. The first-order valence-electron chi connectivity index (χ1n) is 10.5. The topological polar surface area (TPSA) is 61.0 Å². The first-order chi connectivity index (χ1) is 14.8. The quantitative estimate of drug-likeness (QED) is 0.770. The van der Waals surface area contributed by atoms with Crippen molar-refractivity contribution in [3.63, 3.8) is 0 Å². The van der Waals surface area contributed by atoms with E-state index < -0.39 is 0 Å². The Hall–Kier alpha value is -3.09. The van der Waals surface area contributed by atoms with E-state index in [9.17, 15) is 0 Å².